The summed E-state index contributed by atoms with van der Waals surface area (Å²) in [6.45, 7) is 7.41. The summed E-state index contributed by atoms with van der Waals surface area (Å²) >= 11 is 0. The average Bonchev–Trinajstić information content (AvgIpc) is 2.68. The number of nitrogens with zero attached hydrogens (tertiary/aromatic N) is 1. The number of hydrogen-bond acceptors (Lipinski definition) is 4. The lowest BCUT2D eigenvalue weighted by atomic mass is 9.99. The van der Waals surface area contributed by atoms with Crippen molar-refractivity contribution in [3.8, 4) is 5.75 Å². The molecule has 1 aromatic heterocycles. The summed E-state index contributed by atoms with van der Waals surface area (Å²) in [5.74, 6) is 0.826. The second-order valence-corrected chi connectivity index (χ2v) is 7.62. The number of hydrogen-bond donors (Lipinski definition) is 0. The monoisotopic (exact) mass is 371 g/mol. The van der Waals surface area contributed by atoms with Gasteiger partial charge in [-0.2, -0.15) is 0 Å². The summed E-state index contributed by atoms with van der Waals surface area (Å²) in [4.78, 5) is 14.6. The number of aryl methyl sites for hydroxylation is 3. The zero-order valence-corrected chi connectivity index (χ0v) is 16.2. The van der Waals surface area contributed by atoms with Gasteiger partial charge in [0.1, 0.15) is 11.3 Å². The first kappa shape index (κ1) is 16.9. The molecule has 0 aliphatic carbocycles. The molecule has 28 heavy (non-hydrogen) atoms. The summed E-state index contributed by atoms with van der Waals surface area (Å²) in [5.41, 5.74) is 5.93. The summed E-state index contributed by atoms with van der Waals surface area (Å²) in [7, 11) is 0. The molecule has 0 saturated carbocycles. The van der Waals surface area contributed by atoms with Gasteiger partial charge in [-0.25, -0.2) is 4.79 Å². The Morgan fingerprint density at radius 1 is 0.893 bits per heavy atom. The lowest BCUT2D eigenvalue weighted by Crippen LogP contribution is -2.32. The van der Waals surface area contributed by atoms with E-state index in [1.54, 1.807) is 0 Å². The van der Waals surface area contributed by atoms with Gasteiger partial charge in [0, 0.05) is 28.7 Å². The Labute approximate surface area is 163 Å². The molecule has 0 amide bonds. The van der Waals surface area contributed by atoms with Crippen LogP contribution in [0.1, 0.15) is 22.3 Å². The highest BCUT2D eigenvalue weighted by Crippen LogP contribution is 2.38. The van der Waals surface area contributed by atoms with E-state index in [1.807, 2.05) is 31.2 Å². The Morgan fingerprint density at radius 3 is 2.36 bits per heavy atom. The molecule has 3 aromatic carbocycles. The number of ether oxygens (including phenoxy) is 1. The van der Waals surface area contributed by atoms with Crippen LogP contribution in [0.25, 0.3) is 21.7 Å². The molecule has 0 N–H and O–H groups in total. The molecule has 0 saturated heterocycles. The highest BCUT2D eigenvalue weighted by molar-refractivity contribution is 6.06. The van der Waals surface area contributed by atoms with Gasteiger partial charge < -0.3 is 14.1 Å². The maximum Gasteiger partial charge on any atom is 0.344 e. The molecule has 2 heterocycles. The molecular formula is C24H21NO3. The lowest BCUT2D eigenvalue weighted by molar-refractivity contribution is 0.287. The molecule has 1 aliphatic heterocycles. The van der Waals surface area contributed by atoms with Crippen LogP contribution >= 0.6 is 0 Å². The van der Waals surface area contributed by atoms with E-state index in [9.17, 15) is 4.79 Å². The largest absolute Gasteiger partial charge is 0.472 e. The topological polar surface area (TPSA) is 42.7 Å². The number of benzene rings is 3. The second-order valence-electron chi connectivity index (χ2n) is 7.62. The van der Waals surface area contributed by atoms with E-state index in [0.29, 0.717) is 17.7 Å². The Morgan fingerprint density at radius 2 is 1.61 bits per heavy atom. The average molecular weight is 371 g/mol. The van der Waals surface area contributed by atoms with Crippen molar-refractivity contribution >= 4 is 27.4 Å². The van der Waals surface area contributed by atoms with Gasteiger partial charge in [0.25, 0.3) is 0 Å². The molecule has 4 heteroatoms. The highest BCUT2D eigenvalue weighted by atomic mass is 16.5. The van der Waals surface area contributed by atoms with Gasteiger partial charge in [0.2, 0.25) is 0 Å². The first-order valence-electron chi connectivity index (χ1n) is 9.45. The molecule has 5 rings (SSSR count). The zero-order valence-electron chi connectivity index (χ0n) is 16.2. The van der Waals surface area contributed by atoms with Gasteiger partial charge in [-0.15, -0.1) is 0 Å². The van der Waals surface area contributed by atoms with Crippen molar-refractivity contribution in [2.75, 3.05) is 11.6 Å². The van der Waals surface area contributed by atoms with Gasteiger partial charge in [-0.05, 0) is 61.5 Å². The predicted octanol–water partition coefficient (Wildman–Crippen LogP) is 5.23. The second kappa shape index (κ2) is 6.13. The fourth-order valence-electron chi connectivity index (χ4n) is 4.24. The van der Waals surface area contributed by atoms with Crippen LogP contribution in [0, 0.1) is 20.8 Å². The van der Waals surface area contributed by atoms with Crippen LogP contribution in [0.2, 0.25) is 0 Å². The van der Waals surface area contributed by atoms with Crippen LogP contribution < -0.4 is 15.3 Å². The van der Waals surface area contributed by atoms with Crippen LogP contribution in [0.3, 0.4) is 0 Å². The minimum absolute atomic E-state index is 0.307. The zero-order chi connectivity index (χ0) is 19.4. The number of fused-ring (bicyclic) bond motifs is 4. The Kier molecular flexibility index (Phi) is 3.69. The molecule has 1 aliphatic rings. The van der Waals surface area contributed by atoms with Crippen molar-refractivity contribution in [3.05, 3.63) is 81.2 Å². The quantitative estimate of drug-likeness (QED) is 0.339. The predicted molar refractivity (Wildman–Crippen MR) is 112 cm³/mol. The van der Waals surface area contributed by atoms with Crippen molar-refractivity contribution in [1.29, 1.82) is 0 Å². The van der Waals surface area contributed by atoms with Crippen molar-refractivity contribution in [1.82, 2.24) is 0 Å². The molecular weight excluding hydrogens is 350 g/mol. The fourth-order valence-corrected chi connectivity index (χ4v) is 4.24. The summed E-state index contributed by atoms with van der Waals surface area (Å²) < 4.78 is 11.8. The third-order valence-electron chi connectivity index (χ3n) is 5.47. The summed E-state index contributed by atoms with van der Waals surface area (Å²) in [6, 6.07) is 16.3. The third kappa shape index (κ3) is 2.56. The van der Waals surface area contributed by atoms with Gasteiger partial charge in [-0.1, -0.05) is 24.3 Å². The van der Waals surface area contributed by atoms with Crippen LogP contribution in [0.4, 0.5) is 5.69 Å². The summed E-state index contributed by atoms with van der Waals surface area (Å²) in [5, 5.41) is 2.48. The Hall–Kier alpha value is -3.27. The van der Waals surface area contributed by atoms with Crippen LogP contribution in [-0.4, -0.2) is 6.73 Å². The van der Waals surface area contributed by atoms with Crippen molar-refractivity contribution in [2.24, 2.45) is 0 Å². The molecule has 0 atom stereocenters. The van der Waals surface area contributed by atoms with E-state index in [-0.39, 0.29) is 5.63 Å². The number of anilines is 1. The minimum atomic E-state index is -0.307. The molecule has 0 fully saturated rings. The van der Waals surface area contributed by atoms with E-state index < -0.39 is 0 Å². The van der Waals surface area contributed by atoms with Crippen molar-refractivity contribution < 1.29 is 9.15 Å². The molecule has 0 bridgehead atoms. The van der Waals surface area contributed by atoms with E-state index in [4.69, 9.17) is 9.15 Å². The van der Waals surface area contributed by atoms with Gasteiger partial charge in [0.15, 0.2) is 6.73 Å². The standard InChI is InChI=1S/C24H21NO3/c1-14-8-15(2)10-18(9-14)25-12-17-11-21-19-6-4-5-7-20(19)24(26)28-23(21)16(3)22(17)27-13-25/h4-11H,12-13H2,1-3H3. The molecule has 140 valence electrons. The van der Waals surface area contributed by atoms with Crippen LogP contribution in [-0.2, 0) is 6.54 Å². The lowest BCUT2D eigenvalue weighted by Gasteiger charge is -2.32. The van der Waals surface area contributed by atoms with Gasteiger partial charge in [0.05, 0.1) is 5.39 Å². The first-order chi connectivity index (χ1) is 13.5. The normalized spacial score (nSPS) is 13.6. The first-order valence-corrected chi connectivity index (χ1v) is 9.45. The minimum Gasteiger partial charge on any atom is -0.472 e. The molecule has 4 nitrogen and oxygen atoms in total. The van der Waals surface area contributed by atoms with Crippen LogP contribution in [0.5, 0.6) is 5.75 Å². The van der Waals surface area contributed by atoms with Crippen molar-refractivity contribution in [3.63, 3.8) is 0 Å². The third-order valence-corrected chi connectivity index (χ3v) is 5.47. The maximum absolute atomic E-state index is 12.4. The molecule has 0 unspecified atom stereocenters. The molecule has 0 spiro atoms. The van der Waals surface area contributed by atoms with E-state index in [1.165, 1.54) is 11.1 Å². The molecule has 4 aromatic rings. The highest BCUT2D eigenvalue weighted by Gasteiger charge is 2.23. The van der Waals surface area contributed by atoms with Crippen molar-refractivity contribution in [2.45, 2.75) is 27.3 Å². The number of rotatable bonds is 1. The fraction of sp³-hybridized carbons (Fsp3) is 0.208. The van der Waals surface area contributed by atoms with Crippen LogP contribution in [0.15, 0.2) is 57.7 Å². The van der Waals surface area contributed by atoms with E-state index >= 15 is 0 Å². The maximum atomic E-state index is 12.4. The van der Waals surface area contributed by atoms with Gasteiger partial charge >= 0.3 is 5.63 Å². The Bertz CT molecular complexity index is 1280. The smallest absolute Gasteiger partial charge is 0.344 e. The van der Waals surface area contributed by atoms with E-state index in [0.717, 1.165) is 39.9 Å². The van der Waals surface area contributed by atoms with Gasteiger partial charge in [-0.3, -0.25) is 0 Å². The SMILES string of the molecule is Cc1cc(C)cc(N2COc3c(cc4c(oc(=O)c5ccccc54)c3C)C2)c1. The molecule has 0 radical (unpaired) electrons. The Balaban J connectivity index is 1.69. The summed E-state index contributed by atoms with van der Waals surface area (Å²) in [6.07, 6.45) is 0. The van der Waals surface area contributed by atoms with E-state index in [2.05, 4.69) is 43.0 Å².